The molecule has 0 radical (unpaired) electrons. The first-order valence-corrected chi connectivity index (χ1v) is 4.47. The first kappa shape index (κ1) is 11.4. The summed E-state index contributed by atoms with van der Waals surface area (Å²) < 4.78 is 4.78. The molecule has 0 aromatic carbocycles. The molecule has 0 aliphatic rings. The van der Waals surface area contributed by atoms with E-state index in [2.05, 4.69) is 13.8 Å². The second-order valence-electron chi connectivity index (χ2n) is 3.40. The molecule has 0 amide bonds. The number of carbonyl (C=O) groups excluding carboxylic acids is 1. The van der Waals surface area contributed by atoms with E-state index in [1.54, 1.807) is 6.92 Å². The molecule has 0 aliphatic carbocycles. The predicted molar refractivity (Wildman–Crippen MR) is 48.7 cm³/mol. The number of nitrogens with two attached hydrogens (primary N) is 1. The average Bonchev–Trinajstić information content (AvgIpc) is 1.84. The molecule has 0 fully saturated rings. The van der Waals surface area contributed by atoms with Gasteiger partial charge in [0.15, 0.2) is 0 Å². The van der Waals surface area contributed by atoms with E-state index in [4.69, 9.17) is 10.5 Å². The smallest absolute Gasteiger partial charge is 0.307 e. The summed E-state index contributed by atoms with van der Waals surface area (Å²) in [6.45, 7) is 6.41. The van der Waals surface area contributed by atoms with Crippen molar-refractivity contribution in [2.75, 3.05) is 6.61 Å². The van der Waals surface area contributed by atoms with Gasteiger partial charge in [0.05, 0.1) is 13.0 Å². The normalized spacial score (nSPS) is 13.1. The first-order valence-electron chi connectivity index (χ1n) is 4.47. The fourth-order valence-corrected chi connectivity index (χ4v) is 1.12. The van der Waals surface area contributed by atoms with Gasteiger partial charge in [-0.3, -0.25) is 4.79 Å². The Balaban J connectivity index is 3.54. The quantitative estimate of drug-likeness (QED) is 0.638. The summed E-state index contributed by atoms with van der Waals surface area (Å²) in [6, 6.07) is -0.0518. The second kappa shape index (κ2) is 6.00. The van der Waals surface area contributed by atoms with E-state index in [9.17, 15) is 4.79 Å². The lowest BCUT2D eigenvalue weighted by Gasteiger charge is -2.12. The highest BCUT2D eigenvalue weighted by Gasteiger charge is 2.11. The monoisotopic (exact) mass is 173 g/mol. The molecule has 0 bridgehead atoms. The van der Waals surface area contributed by atoms with Crippen LogP contribution in [-0.2, 0) is 9.53 Å². The number of esters is 1. The highest BCUT2D eigenvalue weighted by atomic mass is 16.5. The van der Waals surface area contributed by atoms with E-state index in [0.717, 1.165) is 6.42 Å². The standard InChI is InChI=1S/C9H19NO2/c1-4-12-9(11)6-8(10)5-7(2)3/h7-8H,4-6,10H2,1-3H3/t8-/m1/s1. The summed E-state index contributed by atoms with van der Waals surface area (Å²) in [4.78, 5) is 10.9. The highest BCUT2D eigenvalue weighted by Crippen LogP contribution is 2.06. The Hall–Kier alpha value is -0.570. The van der Waals surface area contributed by atoms with Gasteiger partial charge in [0.1, 0.15) is 0 Å². The van der Waals surface area contributed by atoms with Gasteiger partial charge in [-0.15, -0.1) is 0 Å². The molecule has 0 saturated heterocycles. The fraction of sp³-hybridized carbons (Fsp3) is 0.889. The van der Waals surface area contributed by atoms with Crippen molar-refractivity contribution < 1.29 is 9.53 Å². The summed E-state index contributed by atoms with van der Waals surface area (Å²) in [7, 11) is 0. The van der Waals surface area contributed by atoms with Crippen LogP contribution < -0.4 is 5.73 Å². The molecule has 1 atom stereocenters. The van der Waals surface area contributed by atoms with Crippen LogP contribution in [-0.4, -0.2) is 18.6 Å². The third-order valence-electron chi connectivity index (χ3n) is 1.51. The van der Waals surface area contributed by atoms with Crippen molar-refractivity contribution in [1.29, 1.82) is 0 Å². The molecule has 3 heteroatoms. The van der Waals surface area contributed by atoms with Gasteiger partial charge in [0.25, 0.3) is 0 Å². The van der Waals surface area contributed by atoms with Crippen molar-refractivity contribution in [1.82, 2.24) is 0 Å². The van der Waals surface area contributed by atoms with Crippen LogP contribution in [0.2, 0.25) is 0 Å². The van der Waals surface area contributed by atoms with Gasteiger partial charge in [-0.1, -0.05) is 13.8 Å². The average molecular weight is 173 g/mol. The molecule has 0 rings (SSSR count). The van der Waals surface area contributed by atoms with Gasteiger partial charge in [0, 0.05) is 6.04 Å². The number of rotatable bonds is 5. The SMILES string of the molecule is CCOC(=O)C[C@H](N)CC(C)C. The van der Waals surface area contributed by atoms with E-state index in [1.165, 1.54) is 0 Å². The minimum Gasteiger partial charge on any atom is -0.466 e. The first-order chi connectivity index (χ1) is 5.56. The van der Waals surface area contributed by atoms with Crippen LogP contribution in [0.3, 0.4) is 0 Å². The maximum absolute atomic E-state index is 10.9. The molecule has 0 aromatic rings. The number of carbonyl (C=O) groups is 1. The highest BCUT2D eigenvalue weighted by molar-refractivity contribution is 5.70. The molecular formula is C9H19NO2. The summed E-state index contributed by atoms with van der Waals surface area (Å²) >= 11 is 0. The van der Waals surface area contributed by atoms with Gasteiger partial charge in [0.2, 0.25) is 0 Å². The van der Waals surface area contributed by atoms with E-state index in [0.29, 0.717) is 18.9 Å². The molecule has 0 saturated carbocycles. The number of hydrogen-bond donors (Lipinski definition) is 1. The third kappa shape index (κ3) is 6.16. The van der Waals surface area contributed by atoms with Crippen LogP contribution in [0.1, 0.15) is 33.6 Å². The summed E-state index contributed by atoms with van der Waals surface area (Å²) in [6.07, 6.45) is 1.21. The predicted octanol–water partition coefficient (Wildman–Crippen LogP) is 1.31. The second-order valence-corrected chi connectivity index (χ2v) is 3.40. The van der Waals surface area contributed by atoms with Crippen molar-refractivity contribution in [2.24, 2.45) is 11.7 Å². The van der Waals surface area contributed by atoms with E-state index in [1.807, 2.05) is 0 Å². The van der Waals surface area contributed by atoms with Crippen molar-refractivity contribution in [3.63, 3.8) is 0 Å². The Morgan fingerprint density at radius 2 is 2.08 bits per heavy atom. The Morgan fingerprint density at radius 3 is 2.50 bits per heavy atom. The molecule has 0 aromatic heterocycles. The van der Waals surface area contributed by atoms with Crippen molar-refractivity contribution in [2.45, 2.75) is 39.7 Å². The molecule has 0 heterocycles. The van der Waals surface area contributed by atoms with Gasteiger partial charge < -0.3 is 10.5 Å². The van der Waals surface area contributed by atoms with E-state index >= 15 is 0 Å². The van der Waals surface area contributed by atoms with Gasteiger partial charge in [-0.25, -0.2) is 0 Å². The van der Waals surface area contributed by atoms with E-state index in [-0.39, 0.29) is 12.0 Å². The largest absolute Gasteiger partial charge is 0.466 e. The maximum atomic E-state index is 10.9. The zero-order chi connectivity index (χ0) is 9.56. The lowest BCUT2D eigenvalue weighted by Crippen LogP contribution is -2.26. The Labute approximate surface area is 74.3 Å². The molecule has 12 heavy (non-hydrogen) atoms. The zero-order valence-corrected chi connectivity index (χ0v) is 8.17. The molecule has 0 spiro atoms. The van der Waals surface area contributed by atoms with Crippen molar-refractivity contribution in [3.8, 4) is 0 Å². The molecule has 3 nitrogen and oxygen atoms in total. The number of hydrogen-bond acceptors (Lipinski definition) is 3. The topological polar surface area (TPSA) is 52.3 Å². The lowest BCUT2D eigenvalue weighted by molar-refractivity contribution is -0.143. The van der Waals surface area contributed by atoms with Gasteiger partial charge in [-0.05, 0) is 19.3 Å². The van der Waals surface area contributed by atoms with Gasteiger partial charge >= 0.3 is 5.97 Å². The molecule has 72 valence electrons. The molecular weight excluding hydrogens is 154 g/mol. The number of ether oxygens (including phenoxy) is 1. The fourth-order valence-electron chi connectivity index (χ4n) is 1.12. The minimum atomic E-state index is -0.189. The zero-order valence-electron chi connectivity index (χ0n) is 8.17. The summed E-state index contributed by atoms with van der Waals surface area (Å²) in [5.74, 6) is 0.347. The minimum absolute atomic E-state index is 0.0518. The van der Waals surface area contributed by atoms with Crippen molar-refractivity contribution in [3.05, 3.63) is 0 Å². The van der Waals surface area contributed by atoms with Crippen LogP contribution in [0.15, 0.2) is 0 Å². The van der Waals surface area contributed by atoms with Gasteiger partial charge in [-0.2, -0.15) is 0 Å². The summed E-state index contributed by atoms with van der Waals surface area (Å²) in [5.41, 5.74) is 5.70. The third-order valence-corrected chi connectivity index (χ3v) is 1.51. The Bertz CT molecular complexity index is 134. The Morgan fingerprint density at radius 1 is 1.50 bits per heavy atom. The van der Waals surface area contributed by atoms with Crippen LogP contribution >= 0.6 is 0 Å². The van der Waals surface area contributed by atoms with Crippen LogP contribution in [0.4, 0.5) is 0 Å². The molecule has 0 aliphatic heterocycles. The molecule has 0 unspecified atom stereocenters. The molecule has 2 N–H and O–H groups in total. The van der Waals surface area contributed by atoms with Crippen LogP contribution in [0, 0.1) is 5.92 Å². The summed E-state index contributed by atoms with van der Waals surface area (Å²) in [5, 5.41) is 0. The van der Waals surface area contributed by atoms with Crippen molar-refractivity contribution >= 4 is 5.97 Å². The van der Waals surface area contributed by atoms with Crippen LogP contribution in [0.5, 0.6) is 0 Å². The van der Waals surface area contributed by atoms with E-state index < -0.39 is 0 Å². The van der Waals surface area contributed by atoms with Crippen LogP contribution in [0.25, 0.3) is 0 Å². The Kier molecular flexibility index (Phi) is 5.72. The lowest BCUT2D eigenvalue weighted by atomic mass is 10.0. The maximum Gasteiger partial charge on any atom is 0.307 e.